The lowest BCUT2D eigenvalue weighted by molar-refractivity contribution is 0.0930. The van der Waals surface area contributed by atoms with Gasteiger partial charge in [-0.2, -0.15) is 9.61 Å². The van der Waals surface area contributed by atoms with Gasteiger partial charge in [0.1, 0.15) is 29.0 Å². The lowest BCUT2D eigenvalue weighted by Gasteiger charge is -2.13. The fourth-order valence-corrected chi connectivity index (χ4v) is 4.11. The smallest absolute Gasteiger partial charge is 0.257 e. The number of nitrogens with zero attached hydrogens (tertiary/aromatic N) is 4. The standard InChI is InChI=1S/C21H23N7O3/c1-22-17-7-16(25-15-3-2-6-23-21(15)31-11-4-5-11)26-19-12(8-24-28(17)19)20(29)27-18-13-9-30-10-14(13)18/h2-3,6-8,11,13-14,18,22H,4-5,9-10H2,1H3,(H,25,26)(H,27,29)/t13-,14+,18?. The van der Waals surface area contributed by atoms with Crippen molar-refractivity contribution in [3.63, 3.8) is 0 Å². The molecular weight excluding hydrogens is 398 g/mol. The van der Waals surface area contributed by atoms with Crippen molar-refractivity contribution in [3.8, 4) is 5.88 Å². The summed E-state index contributed by atoms with van der Waals surface area (Å²) in [5.74, 6) is 2.51. The fourth-order valence-electron chi connectivity index (χ4n) is 4.11. The van der Waals surface area contributed by atoms with Crippen molar-refractivity contribution in [3.05, 3.63) is 36.2 Å². The second kappa shape index (κ2) is 7.09. The molecule has 160 valence electrons. The molecule has 1 saturated heterocycles. The average molecular weight is 421 g/mol. The zero-order valence-corrected chi connectivity index (χ0v) is 17.0. The quantitative estimate of drug-likeness (QED) is 0.529. The predicted molar refractivity (Wildman–Crippen MR) is 113 cm³/mol. The average Bonchev–Trinajstić information content (AvgIpc) is 3.58. The van der Waals surface area contributed by atoms with E-state index in [1.54, 1.807) is 24.0 Å². The molecule has 4 heterocycles. The summed E-state index contributed by atoms with van der Waals surface area (Å²) >= 11 is 0. The van der Waals surface area contributed by atoms with Gasteiger partial charge in [0.2, 0.25) is 5.88 Å². The Morgan fingerprint density at radius 1 is 1.29 bits per heavy atom. The molecule has 2 aliphatic carbocycles. The molecule has 3 atom stereocenters. The first-order valence-corrected chi connectivity index (χ1v) is 10.5. The monoisotopic (exact) mass is 421 g/mol. The second-order valence-corrected chi connectivity index (χ2v) is 8.23. The summed E-state index contributed by atoms with van der Waals surface area (Å²) in [6.45, 7) is 1.44. The predicted octanol–water partition coefficient (Wildman–Crippen LogP) is 1.83. The Labute approximate surface area is 178 Å². The van der Waals surface area contributed by atoms with Crippen molar-refractivity contribution in [2.75, 3.05) is 30.9 Å². The third-order valence-corrected chi connectivity index (χ3v) is 6.06. The van der Waals surface area contributed by atoms with Crippen molar-refractivity contribution in [2.24, 2.45) is 11.8 Å². The van der Waals surface area contributed by atoms with Crippen molar-refractivity contribution in [2.45, 2.75) is 25.0 Å². The van der Waals surface area contributed by atoms with E-state index in [4.69, 9.17) is 9.47 Å². The lowest BCUT2D eigenvalue weighted by atomic mass is 10.3. The van der Waals surface area contributed by atoms with E-state index in [2.05, 4.69) is 31.0 Å². The van der Waals surface area contributed by atoms with Gasteiger partial charge in [-0.25, -0.2) is 9.97 Å². The van der Waals surface area contributed by atoms with Crippen LogP contribution in [0.5, 0.6) is 5.88 Å². The topological polar surface area (TPSA) is 115 Å². The largest absolute Gasteiger partial charge is 0.473 e. The van der Waals surface area contributed by atoms with Crippen LogP contribution >= 0.6 is 0 Å². The van der Waals surface area contributed by atoms with Crippen LogP contribution in [0.2, 0.25) is 0 Å². The van der Waals surface area contributed by atoms with E-state index in [0.717, 1.165) is 31.7 Å². The van der Waals surface area contributed by atoms with Crippen molar-refractivity contribution >= 4 is 28.9 Å². The molecule has 3 aromatic rings. The molecule has 2 saturated carbocycles. The van der Waals surface area contributed by atoms with Gasteiger partial charge in [-0.1, -0.05) is 0 Å². The van der Waals surface area contributed by atoms with E-state index >= 15 is 0 Å². The first-order valence-electron chi connectivity index (χ1n) is 10.5. The number of rotatable bonds is 7. The van der Waals surface area contributed by atoms with E-state index in [1.165, 1.54) is 0 Å². The number of aromatic nitrogens is 4. The van der Waals surface area contributed by atoms with Crippen LogP contribution in [0.1, 0.15) is 23.2 Å². The summed E-state index contributed by atoms with van der Waals surface area (Å²) in [6, 6.07) is 5.75. The highest BCUT2D eigenvalue weighted by molar-refractivity contribution is 6.00. The third kappa shape index (κ3) is 3.32. The second-order valence-electron chi connectivity index (χ2n) is 8.23. The maximum atomic E-state index is 12.9. The van der Waals surface area contributed by atoms with Crippen molar-refractivity contribution in [1.29, 1.82) is 0 Å². The highest BCUT2D eigenvalue weighted by Gasteiger charge is 2.54. The number of amides is 1. The fraction of sp³-hybridized carbons (Fsp3) is 0.429. The van der Waals surface area contributed by atoms with Crippen LogP contribution in [-0.4, -0.2) is 57.9 Å². The van der Waals surface area contributed by atoms with Gasteiger partial charge in [0.25, 0.3) is 5.91 Å². The highest BCUT2D eigenvalue weighted by Crippen LogP contribution is 2.44. The third-order valence-electron chi connectivity index (χ3n) is 6.06. The Hall–Kier alpha value is -3.40. The highest BCUT2D eigenvalue weighted by atomic mass is 16.5. The molecule has 0 spiro atoms. The molecule has 31 heavy (non-hydrogen) atoms. The normalized spacial score (nSPS) is 24.0. The number of carbonyl (C=O) groups is 1. The van der Waals surface area contributed by atoms with Crippen LogP contribution in [0.15, 0.2) is 30.6 Å². The maximum absolute atomic E-state index is 12.9. The van der Waals surface area contributed by atoms with Gasteiger partial charge in [-0.15, -0.1) is 0 Å². The first-order chi connectivity index (χ1) is 15.2. The van der Waals surface area contributed by atoms with Crippen LogP contribution in [0.3, 0.4) is 0 Å². The first kappa shape index (κ1) is 18.4. The van der Waals surface area contributed by atoms with Crippen molar-refractivity contribution in [1.82, 2.24) is 24.9 Å². The van der Waals surface area contributed by atoms with Crippen LogP contribution in [0.4, 0.5) is 17.3 Å². The zero-order chi connectivity index (χ0) is 20.9. The van der Waals surface area contributed by atoms with E-state index < -0.39 is 0 Å². The van der Waals surface area contributed by atoms with Gasteiger partial charge in [-0.3, -0.25) is 4.79 Å². The van der Waals surface area contributed by atoms with E-state index in [1.807, 2.05) is 18.2 Å². The molecule has 1 amide bonds. The molecule has 3 aliphatic rings. The van der Waals surface area contributed by atoms with Gasteiger partial charge in [0, 0.05) is 37.2 Å². The van der Waals surface area contributed by atoms with E-state index in [9.17, 15) is 4.79 Å². The molecule has 6 rings (SSSR count). The molecule has 1 unspecified atom stereocenters. The molecule has 1 aliphatic heterocycles. The molecule has 10 heteroatoms. The lowest BCUT2D eigenvalue weighted by Crippen LogP contribution is -2.29. The Balaban J connectivity index is 1.30. The Kier molecular flexibility index (Phi) is 4.20. The molecule has 0 bridgehead atoms. The number of pyridine rings is 1. The number of carbonyl (C=O) groups excluding carboxylic acids is 1. The summed E-state index contributed by atoms with van der Waals surface area (Å²) in [4.78, 5) is 22.0. The van der Waals surface area contributed by atoms with E-state index in [-0.39, 0.29) is 18.1 Å². The minimum atomic E-state index is -0.166. The number of anilines is 3. The molecular formula is C21H23N7O3. The van der Waals surface area contributed by atoms with Gasteiger partial charge in [-0.05, 0) is 25.0 Å². The number of hydrogen-bond donors (Lipinski definition) is 3. The Bertz CT molecular complexity index is 1150. The minimum Gasteiger partial charge on any atom is -0.473 e. The molecule has 0 radical (unpaired) electrons. The Morgan fingerprint density at radius 2 is 2.13 bits per heavy atom. The van der Waals surface area contributed by atoms with Crippen LogP contribution < -0.4 is 20.7 Å². The van der Waals surface area contributed by atoms with Gasteiger partial charge in [0.15, 0.2) is 5.65 Å². The number of ether oxygens (including phenoxy) is 2. The number of fused-ring (bicyclic) bond motifs is 2. The number of nitrogens with one attached hydrogen (secondary N) is 3. The molecule has 3 aromatic heterocycles. The van der Waals surface area contributed by atoms with Crippen molar-refractivity contribution < 1.29 is 14.3 Å². The minimum absolute atomic E-state index is 0.166. The summed E-state index contributed by atoms with van der Waals surface area (Å²) in [5.41, 5.74) is 1.64. The molecule has 3 N–H and O–H groups in total. The molecule has 0 aromatic carbocycles. The van der Waals surface area contributed by atoms with Gasteiger partial charge in [0.05, 0.1) is 19.4 Å². The van der Waals surface area contributed by atoms with Gasteiger partial charge >= 0.3 is 0 Å². The SMILES string of the molecule is CNc1cc(Nc2cccnc2OC2CC2)nc2c(C(=O)NC3[C@H]4COC[C@@H]34)cnn12. The molecule has 3 fully saturated rings. The maximum Gasteiger partial charge on any atom is 0.257 e. The van der Waals surface area contributed by atoms with Crippen LogP contribution in [-0.2, 0) is 4.74 Å². The molecule has 10 nitrogen and oxygen atoms in total. The summed E-state index contributed by atoms with van der Waals surface area (Å²) < 4.78 is 12.9. The number of hydrogen-bond acceptors (Lipinski definition) is 8. The summed E-state index contributed by atoms with van der Waals surface area (Å²) in [7, 11) is 1.80. The summed E-state index contributed by atoms with van der Waals surface area (Å²) in [5, 5.41) is 13.9. The zero-order valence-electron chi connectivity index (χ0n) is 17.0. The van der Waals surface area contributed by atoms with Crippen LogP contribution in [0, 0.1) is 11.8 Å². The Morgan fingerprint density at radius 3 is 2.90 bits per heavy atom. The van der Waals surface area contributed by atoms with Gasteiger partial charge < -0.3 is 25.4 Å². The van der Waals surface area contributed by atoms with Crippen LogP contribution in [0.25, 0.3) is 5.65 Å². The summed E-state index contributed by atoms with van der Waals surface area (Å²) in [6.07, 6.45) is 5.59. The van der Waals surface area contributed by atoms with E-state index in [0.29, 0.717) is 40.6 Å².